The summed E-state index contributed by atoms with van der Waals surface area (Å²) in [5, 5.41) is 2.88. The van der Waals surface area contributed by atoms with E-state index in [1.807, 2.05) is 6.08 Å². The summed E-state index contributed by atoms with van der Waals surface area (Å²) >= 11 is 0. The summed E-state index contributed by atoms with van der Waals surface area (Å²) in [6, 6.07) is 0.336. The molecule has 1 saturated heterocycles. The molecule has 2 bridgehead atoms. The molecule has 1 N–H and O–H groups in total. The average molecular weight is 123 g/mol. The number of hydrogen-bond donors (Lipinski definition) is 1. The quantitative estimate of drug-likeness (QED) is 0.461. The molecule has 0 aromatic rings. The fourth-order valence-corrected chi connectivity index (χ4v) is 1.58. The number of amides is 1. The monoisotopic (exact) mass is 123 g/mol. The summed E-state index contributed by atoms with van der Waals surface area (Å²) in [7, 11) is 0. The van der Waals surface area contributed by atoms with Gasteiger partial charge in [0.05, 0.1) is 12.0 Å². The predicted molar refractivity (Wildman–Crippen MR) is 33.7 cm³/mol. The highest BCUT2D eigenvalue weighted by Crippen LogP contribution is 2.30. The van der Waals surface area contributed by atoms with Gasteiger partial charge in [0, 0.05) is 0 Å². The van der Waals surface area contributed by atoms with Crippen molar-refractivity contribution in [3.63, 3.8) is 0 Å². The molecule has 1 aliphatic heterocycles. The zero-order valence-corrected chi connectivity index (χ0v) is 5.29. The highest BCUT2D eigenvalue weighted by Gasteiger charge is 2.40. The second kappa shape index (κ2) is 1.38. The highest BCUT2D eigenvalue weighted by molar-refractivity contribution is 5.85. The Morgan fingerprint density at radius 3 is 2.56 bits per heavy atom. The topological polar surface area (TPSA) is 29.1 Å². The third kappa shape index (κ3) is 0.479. The first-order valence-corrected chi connectivity index (χ1v) is 3.28. The van der Waals surface area contributed by atoms with Crippen molar-refractivity contribution in [2.24, 2.45) is 11.8 Å². The van der Waals surface area contributed by atoms with Gasteiger partial charge in [0.15, 0.2) is 0 Å². The van der Waals surface area contributed by atoms with Gasteiger partial charge < -0.3 is 5.32 Å². The van der Waals surface area contributed by atoms with Crippen LogP contribution in [0.5, 0.6) is 0 Å². The smallest absolute Gasteiger partial charge is 0.227 e. The van der Waals surface area contributed by atoms with E-state index in [0.717, 1.165) is 0 Å². The maximum atomic E-state index is 10.9. The maximum Gasteiger partial charge on any atom is 0.227 e. The molecule has 1 heterocycles. The van der Waals surface area contributed by atoms with Crippen LogP contribution >= 0.6 is 0 Å². The molecule has 2 heteroatoms. The molecular weight excluding hydrogens is 114 g/mol. The van der Waals surface area contributed by atoms with Crippen LogP contribution in [0.1, 0.15) is 6.92 Å². The Morgan fingerprint density at radius 2 is 2.33 bits per heavy atom. The molecule has 0 aromatic carbocycles. The van der Waals surface area contributed by atoms with E-state index in [0.29, 0.717) is 12.0 Å². The van der Waals surface area contributed by atoms with E-state index in [-0.39, 0.29) is 11.8 Å². The van der Waals surface area contributed by atoms with Gasteiger partial charge in [-0.3, -0.25) is 4.79 Å². The Kier molecular flexibility index (Phi) is 0.770. The lowest BCUT2D eigenvalue weighted by Gasteiger charge is -2.04. The summed E-state index contributed by atoms with van der Waals surface area (Å²) in [6.45, 7) is 2.10. The average Bonchev–Trinajstić information content (AvgIpc) is 2.25. The lowest BCUT2D eigenvalue weighted by atomic mass is 10.00. The van der Waals surface area contributed by atoms with E-state index in [1.165, 1.54) is 0 Å². The molecule has 0 aromatic heterocycles. The van der Waals surface area contributed by atoms with Crippen LogP contribution in [0.25, 0.3) is 0 Å². The SMILES string of the molecule is CC1C2C=CC1C(=O)N2. The van der Waals surface area contributed by atoms with Crippen LogP contribution in [-0.4, -0.2) is 11.9 Å². The van der Waals surface area contributed by atoms with Crippen LogP contribution in [0, 0.1) is 11.8 Å². The molecule has 48 valence electrons. The zero-order chi connectivity index (χ0) is 6.43. The molecule has 9 heavy (non-hydrogen) atoms. The van der Waals surface area contributed by atoms with Gasteiger partial charge in [-0.1, -0.05) is 19.1 Å². The second-order valence-corrected chi connectivity index (χ2v) is 2.80. The van der Waals surface area contributed by atoms with Crippen LogP contribution in [0.4, 0.5) is 0 Å². The number of rotatable bonds is 0. The molecule has 2 rings (SSSR count). The fraction of sp³-hybridized carbons (Fsp3) is 0.571. The third-order valence-electron chi connectivity index (χ3n) is 2.27. The number of carbonyl (C=O) groups is 1. The molecule has 0 spiro atoms. The van der Waals surface area contributed by atoms with Gasteiger partial charge in [-0.2, -0.15) is 0 Å². The summed E-state index contributed by atoms with van der Waals surface area (Å²) in [5.41, 5.74) is 0. The lowest BCUT2D eigenvalue weighted by molar-refractivity contribution is -0.121. The van der Waals surface area contributed by atoms with Crippen LogP contribution in [0.2, 0.25) is 0 Å². The van der Waals surface area contributed by atoms with Crippen LogP contribution in [-0.2, 0) is 4.79 Å². The molecule has 3 unspecified atom stereocenters. The van der Waals surface area contributed by atoms with Crippen molar-refractivity contribution < 1.29 is 4.79 Å². The first kappa shape index (κ1) is 5.03. The fourth-order valence-electron chi connectivity index (χ4n) is 1.58. The zero-order valence-electron chi connectivity index (χ0n) is 5.29. The molecule has 2 aliphatic rings. The van der Waals surface area contributed by atoms with Crippen LogP contribution in [0.3, 0.4) is 0 Å². The minimum Gasteiger partial charge on any atom is -0.349 e. The molecular formula is C7H9NO. The van der Waals surface area contributed by atoms with Crippen molar-refractivity contribution >= 4 is 5.91 Å². The molecule has 0 radical (unpaired) electrons. The van der Waals surface area contributed by atoms with E-state index in [9.17, 15) is 4.79 Å². The normalized spacial score (nSPS) is 45.9. The van der Waals surface area contributed by atoms with Gasteiger partial charge in [-0.05, 0) is 5.92 Å². The maximum absolute atomic E-state index is 10.9. The van der Waals surface area contributed by atoms with E-state index in [2.05, 4.69) is 18.3 Å². The van der Waals surface area contributed by atoms with Crippen molar-refractivity contribution in [3.05, 3.63) is 12.2 Å². The van der Waals surface area contributed by atoms with Crippen molar-refractivity contribution in [1.29, 1.82) is 0 Å². The van der Waals surface area contributed by atoms with Gasteiger partial charge in [0.1, 0.15) is 0 Å². The van der Waals surface area contributed by atoms with E-state index in [1.54, 1.807) is 0 Å². The van der Waals surface area contributed by atoms with E-state index >= 15 is 0 Å². The standard InChI is InChI=1S/C7H9NO/c1-4-5-2-3-6(4)8-7(5)9/h2-6H,1H3,(H,8,9). The summed E-state index contributed by atoms with van der Waals surface area (Å²) < 4.78 is 0. The number of hydrogen-bond acceptors (Lipinski definition) is 1. The Hall–Kier alpha value is -0.790. The third-order valence-corrected chi connectivity index (χ3v) is 2.27. The summed E-state index contributed by atoms with van der Waals surface area (Å²) in [4.78, 5) is 10.9. The van der Waals surface area contributed by atoms with Crippen molar-refractivity contribution in [1.82, 2.24) is 5.32 Å². The minimum absolute atomic E-state index is 0.176. The van der Waals surface area contributed by atoms with E-state index in [4.69, 9.17) is 0 Å². The summed E-state index contributed by atoms with van der Waals surface area (Å²) in [6.07, 6.45) is 4.09. The van der Waals surface area contributed by atoms with Gasteiger partial charge in [-0.25, -0.2) is 0 Å². The first-order chi connectivity index (χ1) is 4.29. The van der Waals surface area contributed by atoms with Gasteiger partial charge in [0.2, 0.25) is 5.91 Å². The second-order valence-electron chi connectivity index (χ2n) is 2.80. The van der Waals surface area contributed by atoms with Crippen molar-refractivity contribution in [3.8, 4) is 0 Å². The van der Waals surface area contributed by atoms with Gasteiger partial charge >= 0.3 is 0 Å². The first-order valence-electron chi connectivity index (χ1n) is 3.28. The molecule has 2 nitrogen and oxygen atoms in total. The molecule has 1 aliphatic carbocycles. The van der Waals surface area contributed by atoms with Crippen molar-refractivity contribution in [2.75, 3.05) is 0 Å². The molecule has 1 amide bonds. The number of nitrogens with one attached hydrogen (secondary N) is 1. The Morgan fingerprint density at radius 1 is 1.56 bits per heavy atom. The van der Waals surface area contributed by atoms with Crippen LogP contribution in [0.15, 0.2) is 12.2 Å². The van der Waals surface area contributed by atoms with Gasteiger partial charge in [0.25, 0.3) is 0 Å². The molecule has 1 fully saturated rings. The minimum atomic E-state index is 0.176. The number of carbonyl (C=O) groups excluding carboxylic acids is 1. The van der Waals surface area contributed by atoms with Crippen molar-refractivity contribution in [2.45, 2.75) is 13.0 Å². The predicted octanol–water partition coefficient (Wildman–Crippen LogP) is 0.307. The van der Waals surface area contributed by atoms with Gasteiger partial charge in [-0.15, -0.1) is 0 Å². The molecule has 3 atom stereocenters. The highest BCUT2D eigenvalue weighted by atomic mass is 16.2. The Balaban J connectivity index is 2.35. The Labute approximate surface area is 53.9 Å². The number of fused-ring (bicyclic) bond motifs is 2. The van der Waals surface area contributed by atoms with Crippen LogP contribution < -0.4 is 5.32 Å². The summed E-state index contributed by atoms with van der Waals surface area (Å²) in [5.74, 6) is 0.877. The largest absolute Gasteiger partial charge is 0.349 e. The Bertz CT molecular complexity index is 185. The molecule has 0 saturated carbocycles. The lowest BCUT2D eigenvalue weighted by Crippen LogP contribution is -2.27. The van der Waals surface area contributed by atoms with E-state index < -0.39 is 0 Å².